The van der Waals surface area contributed by atoms with Gasteiger partial charge in [-0.05, 0) is 24.7 Å². The van der Waals surface area contributed by atoms with Crippen LogP contribution in [0.5, 0.6) is 0 Å². The summed E-state index contributed by atoms with van der Waals surface area (Å²) >= 11 is 0. The van der Waals surface area contributed by atoms with Crippen LogP contribution in [0.3, 0.4) is 0 Å². The van der Waals surface area contributed by atoms with E-state index in [1.54, 1.807) is 0 Å². The van der Waals surface area contributed by atoms with Gasteiger partial charge in [-0.2, -0.15) is 0 Å². The zero-order valence-corrected chi connectivity index (χ0v) is 17.6. The number of rotatable bonds is 15. The summed E-state index contributed by atoms with van der Waals surface area (Å²) in [6.07, 6.45) is 8.88. The van der Waals surface area contributed by atoms with Crippen molar-refractivity contribution in [3.8, 4) is 0 Å². The first-order valence-electron chi connectivity index (χ1n) is 9.80. The summed E-state index contributed by atoms with van der Waals surface area (Å²) in [5, 5.41) is 19.3. The standard InChI is InChI=1S/C20H38O4.2H3N/c1-5-9-11-16(7-3)13-20(19(23)24,15-18(21)22)14-17(8-4)12-10-6-2;;/h16-17H,5-15H2,1-4H3,(H,21,22)(H,23,24);2*1H3. The molecule has 0 heterocycles. The average Bonchev–Trinajstić information content (AvgIpc) is 2.54. The van der Waals surface area contributed by atoms with Crippen molar-refractivity contribution in [2.45, 2.75) is 98.3 Å². The Balaban J connectivity index is -0.00000264. The molecule has 0 aromatic heterocycles. The number of hydrogen-bond acceptors (Lipinski definition) is 4. The van der Waals surface area contributed by atoms with Gasteiger partial charge in [0.2, 0.25) is 0 Å². The van der Waals surface area contributed by atoms with Crippen molar-refractivity contribution >= 4 is 11.9 Å². The quantitative estimate of drug-likeness (QED) is 0.273. The fourth-order valence-corrected chi connectivity index (χ4v) is 3.76. The van der Waals surface area contributed by atoms with Crippen LogP contribution >= 0.6 is 0 Å². The molecule has 0 fully saturated rings. The van der Waals surface area contributed by atoms with Crippen LogP contribution in [0.25, 0.3) is 0 Å². The number of hydrogen-bond donors (Lipinski definition) is 4. The minimum absolute atomic E-state index is 0. The monoisotopic (exact) mass is 376 g/mol. The molecule has 0 rings (SSSR count). The van der Waals surface area contributed by atoms with Crippen molar-refractivity contribution in [2.75, 3.05) is 0 Å². The third-order valence-corrected chi connectivity index (χ3v) is 5.39. The van der Waals surface area contributed by atoms with Crippen LogP contribution in [0.2, 0.25) is 0 Å². The van der Waals surface area contributed by atoms with E-state index in [1.165, 1.54) is 0 Å². The van der Waals surface area contributed by atoms with Crippen molar-refractivity contribution in [1.82, 2.24) is 12.3 Å². The lowest BCUT2D eigenvalue weighted by atomic mass is 9.68. The second-order valence-corrected chi connectivity index (χ2v) is 7.40. The molecule has 0 spiro atoms. The molecule has 158 valence electrons. The summed E-state index contributed by atoms with van der Waals surface area (Å²) in [5.41, 5.74) is -1.12. The second-order valence-electron chi connectivity index (χ2n) is 7.40. The zero-order valence-electron chi connectivity index (χ0n) is 17.6. The van der Waals surface area contributed by atoms with Gasteiger partial charge in [0.05, 0.1) is 11.8 Å². The summed E-state index contributed by atoms with van der Waals surface area (Å²) in [7, 11) is 0. The molecule has 6 nitrogen and oxygen atoms in total. The topological polar surface area (TPSA) is 145 Å². The Morgan fingerprint density at radius 1 is 0.808 bits per heavy atom. The molecule has 0 aliphatic heterocycles. The highest BCUT2D eigenvalue weighted by atomic mass is 16.4. The highest BCUT2D eigenvalue weighted by molar-refractivity contribution is 5.81. The smallest absolute Gasteiger partial charge is 0.310 e. The molecule has 0 bridgehead atoms. The Morgan fingerprint density at radius 2 is 1.19 bits per heavy atom. The highest BCUT2D eigenvalue weighted by Crippen LogP contribution is 2.41. The van der Waals surface area contributed by atoms with Gasteiger partial charge in [0.15, 0.2) is 0 Å². The van der Waals surface area contributed by atoms with E-state index in [9.17, 15) is 19.8 Å². The minimum Gasteiger partial charge on any atom is -0.481 e. The van der Waals surface area contributed by atoms with E-state index < -0.39 is 17.4 Å². The van der Waals surface area contributed by atoms with E-state index in [2.05, 4.69) is 27.7 Å². The summed E-state index contributed by atoms with van der Waals surface area (Å²) in [6.45, 7) is 8.43. The summed E-state index contributed by atoms with van der Waals surface area (Å²) in [4.78, 5) is 23.6. The lowest BCUT2D eigenvalue weighted by molar-refractivity contribution is -0.158. The van der Waals surface area contributed by atoms with Gasteiger partial charge in [0, 0.05) is 0 Å². The number of aliphatic carboxylic acids is 2. The fraction of sp³-hybridized carbons (Fsp3) is 0.900. The molecule has 0 aliphatic rings. The number of carboxylic acids is 2. The maximum atomic E-state index is 12.1. The Bertz CT molecular complexity index is 357. The Kier molecular flexibility index (Phi) is 18.3. The van der Waals surface area contributed by atoms with Crippen molar-refractivity contribution in [1.29, 1.82) is 0 Å². The molecule has 8 N–H and O–H groups in total. The molecule has 0 amide bonds. The number of unbranched alkanes of at least 4 members (excludes halogenated alkanes) is 2. The lowest BCUT2D eigenvalue weighted by Crippen LogP contribution is -2.37. The average molecular weight is 377 g/mol. The van der Waals surface area contributed by atoms with Crippen LogP contribution in [0, 0.1) is 17.3 Å². The number of carboxylic acid groups (broad SMARTS) is 2. The van der Waals surface area contributed by atoms with Crippen LogP contribution in [0.15, 0.2) is 0 Å². The summed E-state index contributed by atoms with van der Waals surface area (Å²) in [6, 6.07) is 0. The summed E-state index contributed by atoms with van der Waals surface area (Å²) < 4.78 is 0. The van der Waals surface area contributed by atoms with Crippen LogP contribution in [0.4, 0.5) is 0 Å². The van der Waals surface area contributed by atoms with Crippen molar-refractivity contribution in [2.24, 2.45) is 17.3 Å². The first-order valence-corrected chi connectivity index (χ1v) is 9.80. The predicted octanol–water partition coefficient (Wildman–Crippen LogP) is 6.07. The molecule has 0 aliphatic carbocycles. The molecule has 2 unspecified atom stereocenters. The molecule has 2 atom stereocenters. The third kappa shape index (κ3) is 10.8. The first-order chi connectivity index (χ1) is 11.3. The maximum Gasteiger partial charge on any atom is 0.310 e. The normalized spacial score (nSPS) is 15.1. The van der Waals surface area contributed by atoms with Gasteiger partial charge in [0.1, 0.15) is 0 Å². The first kappa shape index (κ1) is 29.6. The van der Waals surface area contributed by atoms with E-state index >= 15 is 0 Å². The molecule has 0 radical (unpaired) electrons. The van der Waals surface area contributed by atoms with E-state index in [0.29, 0.717) is 24.7 Å². The molecular weight excluding hydrogens is 332 g/mol. The maximum absolute atomic E-state index is 12.1. The molecule has 0 aromatic carbocycles. The molecule has 6 heteroatoms. The molecular formula is C20H44N2O4. The van der Waals surface area contributed by atoms with Gasteiger partial charge < -0.3 is 22.5 Å². The highest BCUT2D eigenvalue weighted by Gasteiger charge is 2.43. The van der Waals surface area contributed by atoms with Gasteiger partial charge in [-0.15, -0.1) is 0 Å². The van der Waals surface area contributed by atoms with Gasteiger partial charge in [0.25, 0.3) is 0 Å². The van der Waals surface area contributed by atoms with E-state index in [1.807, 2.05) is 0 Å². The van der Waals surface area contributed by atoms with Gasteiger partial charge in [-0.1, -0.05) is 79.1 Å². The second kappa shape index (κ2) is 16.1. The van der Waals surface area contributed by atoms with Crippen LogP contribution < -0.4 is 12.3 Å². The van der Waals surface area contributed by atoms with Crippen molar-refractivity contribution < 1.29 is 19.8 Å². The molecule has 0 saturated carbocycles. The van der Waals surface area contributed by atoms with E-state index in [-0.39, 0.29) is 18.7 Å². The van der Waals surface area contributed by atoms with Crippen molar-refractivity contribution in [3.63, 3.8) is 0 Å². The summed E-state index contributed by atoms with van der Waals surface area (Å²) in [5.74, 6) is -1.32. The van der Waals surface area contributed by atoms with Crippen LogP contribution in [-0.4, -0.2) is 22.2 Å². The van der Waals surface area contributed by atoms with Gasteiger partial charge in [-0.3, -0.25) is 9.59 Å². The molecule has 26 heavy (non-hydrogen) atoms. The number of carbonyl (C=O) groups is 2. The Morgan fingerprint density at radius 3 is 1.42 bits per heavy atom. The third-order valence-electron chi connectivity index (χ3n) is 5.39. The van der Waals surface area contributed by atoms with E-state index in [0.717, 1.165) is 51.4 Å². The molecule has 0 aromatic rings. The fourth-order valence-electron chi connectivity index (χ4n) is 3.76. The Labute approximate surface area is 160 Å². The van der Waals surface area contributed by atoms with E-state index in [4.69, 9.17) is 0 Å². The van der Waals surface area contributed by atoms with Crippen molar-refractivity contribution in [3.05, 3.63) is 0 Å². The minimum atomic E-state index is -1.12. The largest absolute Gasteiger partial charge is 0.481 e. The molecule has 0 saturated heterocycles. The Hall–Kier alpha value is -1.14. The van der Waals surface area contributed by atoms with Crippen LogP contribution in [-0.2, 0) is 9.59 Å². The van der Waals surface area contributed by atoms with Gasteiger partial charge in [-0.25, -0.2) is 0 Å². The lowest BCUT2D eigenvalue weighted by Gasteiger charge is -2.34. The van der Waals surface area contributed by atoms with Gasteiger partial charge >= 0.3 is 11.9 Å². The predicted molar refractivity (Wildman–Crippen MR) is 108 cm³/mol. The SMILES string of the molecule is CCCCC(CC)CC(CC(=O)O)(CC(CC)CCCC)C(=O)O.N.N. The van der Waals surface area contributed by atoms with Crippen LogP contribution in [0.1, 0.15) is 98.3 Å². The zero-order chi connectivity index (χ0) is 18.6.